The van der Waals surface area contributed by atoms with E-state index in [1.165, 1.54) is 12.1 Å². The highest BCUT2D eigenvalue weighted by molar-refractivity contribution is 7.91. The van der Waals surface area contributed by atoms with Crippen LogP contribution in [0.5, 0.6) is 0 Å². The molecule has 0 heterocycles. The van der Waals surface area contributed by atoms with Crippen LogP contribution < -0.4 is 9.80 Å². The van der Waals surface area contributed by atoms with Crippen molar-refractivity contribution < 1.29 is 13.2 Å². The van der Waals surface area contributed by atoms with Crippen LogP contribution in [-0.2, 0) is 9.84 Å². The van der Waals surface area contributed by atoms with Crippen LogP contribution in [0.3, 0.4) is 0 Å². The first kappa shape index (κ1) is 18.0. The third-order valence-electron chi connectivity index (χ3n) is 3.90. The lowest BCUT2D eigenvalue weighted by atomic mass is 10.2. The van der Waals surface area contributed by atoms with E-state index in [-0.39, 0.29) is 16.6 Å². The van der Waals surface area contributed by atoms with Gasteiger partial charge in [-0.3, -0.25) is 4.79 Å². The molecule has 0 aliphatic heterocycles. The first-order chi connectivity index (χ1) is 11.3. The number of carbonyl (C=O) groups excluding carboxylic acids is 1. The molecule has 0 bridgehead atoms. The fourth-order valence-electron chi connectivity index (χ4n) is 2.26. The van der Waals surface area contributed by atoms with Gasteiger partial charge >= 0.3 is 0 Å². The van der Waals surface area contributed by atoms with Gasteiger partial charge in [0.15, 0.2) is 9.84 Å². The lowest BCUT2D eigenvalue weighted by molar-refractivity contribution is 0.0993. The quantitative estimate of drug-likeness (QED) is 0.835. The van der Waals surface area contributed by atoms with Crippen LogP contribution in [0.15, 0.2) is 53.4 Å². The summed E-state index contributed by atoms with van der Waals surface area (Å²) < 4.78 is 23.7. The van der Waals surface area contributed by atoms with E-state index in [0.717, 1.165) is 11.4 Å². The summed E-state index contributed by atoms with van der Waals surface area (Å²) in [5.74, 6) is -0.147. The Balaban J connectivity index is 2.21. The molecule has 5 nitrogen and oxygen atoms in total. The van der Waals surface area contributed by atoms with Crippen molar-refractivity contribution in [1.29, 1.82) is 0 Å². The van der Waals surface area contributed by atoms with Crippen molar-refractivity contribution in [1.82, 2.24) is 0 Å². The van der Waals surface area contributed by atoms with Crippen molar-refractivity contribution in [3.05, 3.63) is 54.1 Å². The van der Waals surface area contributed by atoms with Gasteiger partial charge in [0, 0.05) is 38.1 Å². The molecule has 0 N–H and O–H groups in total. The number of hydrogen-bond acceptors (Lipinski definition) is 4. The second-order valence-electron chi connectivity index (χ2n) is 5.70. The highest BCUT2D eigenvalue weighted by atomic mass is 32.2. The van der Waals surface area contributed by atoms with Gasteiger partial charge in [0.1, 0.15) is 0 Å². The van der Waals surface area contributed by atoms with Crippen molar-refractivity contribution in [2.24, 2.45) is 0 Å². The van der Waals surface area contributed by atoms with E-state index in [0.29, 0.717) is 5.56 Å². The Morgan fingerprint density at radius 3 is 1.83 bits per heavy atom. The molecule has 1 amide bonds. The zero-order valence-corrected chi connectivity index (χ0v) is 15.2. The largest absolute Gasteiger partial charge is 0.378 e. The Bertz CT molecular complexity index is 810. The van der Waals surface area contributed by atoms with Crippen molar-refractivity contribution in [2.75, 3.05) is 36.7 Å². The van der Waals surface area contributed by atoms with Gasteiger partial charge in [-0.2, -0.15) is 0 Å². The van der Waals surface area contributed by atoms with E-state index in [1.807, 2.05) is 43.3 Å². The summed E-state index contributed by atoms with van der Waals surface area (Å²) in [5.41, 5.74) is 2.27. The normalized spacial score (nSPS) is 11.2. The Hall–Kier alpha value is -2.34. The lowest BCUT2D eigenvalue weighted by Crippen LogP contribution is -2.26. The van der Waals surface area contributed by atoms with Crippen LogP contribution in [-0.4, -0.2) is 41.2 Å². The maximum atomic E-state index is 12.6. The zero-order chi connectivity index (χ0) is 17.9. The summed E-state index contributed by atoms with van der Waals surface area (Å²) in [6.45, 7) is 1.60. The van der Waals surface area contributed by atoms with Crippen LogP contribution in [0.25, 0.3) is 0 Å². The molecule has 0 saturated heterocycles. The third kappa shape index (κ3) is 3.76. The van der Waals surface area contributed by atoms with Gasteiger partial charge < -0.3 is 9.80 Å². The van der Waals surface area contributed by atoms with Gasteiger partial charge in [-0.25, -0.2) is 8.42 Å². The van der Waals surface area contributed by atoms with E-state index < -0.39 is 9.84 Å². The topological polar surface area (TPSA) is 57.7 Å². The van der Waals surface area contributed by atoms with Crippen molar-refractivity contribution >= 4 is 27.1 Å². The molecule has 6 heteroatoms. The number of nitrogens with zero attached hydrogens (tertiary/aromatic N) is 2. The molecule has 0 spiro atoms. The van der Waals surface area contributed by atoms with E-state index in [4.69, 9.17) is 0 Å². The average molecular weight is 346 g/mol. The van der Waals surface area contributed by atoms with Gasteiger partial charge in [0.2, 0.25) is 0 Å². The van der Waals surface area contributed by atoms with E-state index in [1.54, 1.807) is 31.0 Å². The first-order valence-corrected chi connectivity index (χ1v) is 9.29. The summed E-state index contributed by atoms with van der Waals surface area (Å²) in [4.78, 5) is 16.3. The van der Waals surface area contributed by atoms with Gasteiger partial charge in [-0.05, 0) is 48.5 Å². The Labute approximate surface area is 143 Å². The molecule has 0 aromatic heterocycles. The minimum atomic E-state index is -3.26. The summed E-state index contributed by atoms with van der Waals surface area (Å²) in [5, 5.41) is 0. The minimum absolute atomic E-state index is 0.0401. The predicted molar refractivity (Wildman–Crippen MR) is 97.7 cm³/mol. The molecule has 0 atom stereocenters. The number of hydrogen-bond donors (Lipinski definition) is 0. The number of benzene rings is 2. The minimum Gasteiger partial charge on any atom is -0.378 e. The predicted octanol–water partition coefficient (Wildman–Crippen LogP) is 2.82. The molecule has 0 aliphatic rings. The van der Waals surface area contributed by atoms with Crippen LogP contribution >= 0.6 is 0 Å². The summed E-state index contributed by atoms with van der Waals surface area (Å²) in [6.07, 6.45) is 0. The summed E-state index contributed by atoms with van der Waals surface area (Å²) in [7, 11) is 2.35. The van der Waals surface area contributed by atoms with E-state index >= 15 is 0 Å². The number of anilines is 2. The number of sulfone groups is 1. The van der Waals surface area contributed by atoms with Gasteiger partial charge in [-0.15, -0.1) is 0 Å². The van der Waals surface area contributed by atoms with Gasteiger partial charge in [-0.1, -0.05) is 6.92 Å². The second-order valence-corrected chi connectivity index (χ2v) is 7.98. The molecule has 0 aliphatic carbocycles. The monoisotopic (exact) mass is 346 g/mol. The van der Waals surface area contributed by atoms with Crippen LogP contribution in [0.1, 0.15) is 17.3 Å². The molecular formula is C18H22N2O3S. The Morgan fingerprint density at radius 1 is 0.875 bits per heavy atom. The molecule has 24 heavy (non-hydrogen) atoms. The molecule has 2 rings (SSSR count). The zero-order valence-electron chi connectivity index (χ0n) is 14.4. The van der Waals surface area contributed by atoms with Crippen molar-refractivity contribution in [3.8, 4) is 0 Å². The maximum absolute atomic E-state index is 12.6. The smallest absolute Gasteiger partial charge is 0.258 e. The molecule has 2 aromatic carbocycles. The fourth-order valence-corrected chi connectivity index (χ4v) is 3.14. The van der Waals surface area contributed by atoms with Crippen LogP contribution in [0.4, 0.5) is 11.4 Å². The van der Waals surface area contributed by atoms with Gasteiger partial charge in [0.25, 0.3) is 5.91 Å². The van der Waals surface area contributed by atoms with E-state index in [2.05, 4.69) is 0 Å². The third-order valence-corrected chi connectivity index (χ3v) is 5.65. The molecule has 2 aromatic rings. The summed E-state index contributed by atoms with van der Waals surface area (Å²) >= 11 is 0. The van der Waals surface area contributed by atoms with Crippen LogP contribution in [0.2, 0.25) is 0 Å². The molecule has 0 unspecified atom stereocenters. The van der Waals surface area contributed by atoms with Crippen LogP contribution in [0, 0.1) is 0 Å². The van der Waals surface area contributed by atoms with Gasteiger partial charge in [0.05, 0.1) is 10.6 Å². The number of rotatable bonds is 5. The average Bonchev–Trinajstić information content (AvgIpc) is 2.60. The molecule has 0 radical (unpaired) electrons. The standard InChI is InChI=1S/C18H22N2O3S/c1-5-24(22,23)17-12-6-14(7-13-17)18(21)20(4)16-10-8-15(9-11-16)19(2)3/h6-13H,5H2,1-4H3. The highest BCUT2D eigenvalue weighted by Gasteiger charge is 2.16. The fraction of sp³-hybridized carbons (Fsp3) is 0.278. The van der Waals surface area contributed by atoms with E-state index in [9.17, 15) is 13.2 Å². The Kier molecular flexibility index (Phi) is 5.29. The number of carbonyl (C=O) groups is 1. The second kappa shape index (κ2) is 7.05. The number of amides is 1. The molecule has 128 valence electrons. The van der Waals surface area contributed by atoms with Crippen molar-refractivity contribution in [3.63, 3.8) is 0 Å². The SMILES string of the molecule is CCS(=O)(=O)c1ccc(C(=O)N(C)c2ccc(N(C)C)cc2)cc1. The van der Waals surface area contributed by atoms with Crippen molar-refractivity contribution in [2.45, 2.75) is 11.8 Å². The molecular weight excluding hydrogens is 324 g/mol. The Morgan fingerprint density at radius 2 is 1.38 bits per heavy atom. The molecule has 0 fully saturated rings. The summed E-state index contributed by atoms with van der Waals surface area (Å²) in [6, 6.07) is 13.7. The molecule has 0 saturated carbocycles. The maximum Gasteiger partial charge on any atom is 0.258 e. The highest BCUT2D eigenvalue weighted by Crippen LogP contribution is 2.21. The lowest BCUT2D eigenvalue weighted by Gasteiger charge is -2.19. The first-order valence-electron chi connectivity index (χ1n) is 7.64.